The van der Waals surface area contributed by atoms with E-state index in [4.69, 9.17) is 15.2 Å². The highest BCUT2D eigenvalue weighted by atomic mass is 32.2. The summed E-state index contributed by atoms with van der Waals surface area (Å²) >= 11 is 0. The number of anilines is 1. The van der Waals surface area contributed by atoms with Crippen LogP contribution in [0.1, 0.15) is 23.2 Å². The first-order valence-corrected chi connectivity index (χ1v) is 11.2. The molecule has 3 rings (SSSR count). The number of nitrogens with two attached hydrogens (primary N) is 1. The summed E-state index contributed by atoms with van der Waals surface area (Å²) in [5.41, 5.74) is 5.61. The first-order chi connectivity index (χ1) is 15.2. The third-order valence-electron chi connectivity index (χ3n) is 4.75. The van der Waals surface area contributed by atoms with Crippen LogP contribution in [0.3, 0.4) is 0 Å². The number of hydrogen-bond acceptors (Lipinski definition) is 6. The molecule has 1 aliphatic rings. The molecule has 2 aromatic carbocycles. The van der Waals surface area contributed by atoms with Gasteiger partial charge in [0.25, 0.3) is 21.8 Å². The lowest BCUT2D eigenvalue weighted by atomic mass is 10.2. The quantitative estimate of drug-likeness (QED) is 0.610. The zero-order chi connectivity index (χ0) is 23.3. The van der Waals surface area contributed by atoms with Crippen LogP contribution in [0.5, 0.6) is 11.5 Å². The minimum Gasteiger partial charge on any atom is -0.493 e. The summed E-state index contributed by atoms with van der Waals surface area (Å²) in [4.78, 5) is 25.4. The molecule has 1 heterocycles. The van der Waals surface area contributed by atoms with Gasteiger partial charge in [0.15, 0.2) is 18.1 Å². The Hall–Kier alpha value is -3.60. The van der Waals surface area contributed by atoms with Gasteiger partial charge < -0.3 is 25.4 Å². The summed E-state index contributed by atoms with van der Waals surface area (Å²) in [6, 6.07) is 10.3. The number of likely N-dealkylation sites (tertiary alicyclic amines) is 1. The van der Waals surface area contributed by atoms with Crippen LogP contribution in [0.25, 0.3) is 0 Å². The highest BCUT2D eigenvalue weighted by Gasteiger charge is 2.21. The number of hydrogen-bond donors (Lipinski definition) is 2. The minimum absolute atomic E-state index is 0.0177. The van der Waals surface area contributed by atoms with Gasteiger partial charge in [-0.2, -0.15) is 8.42 Å². The number of nitrogens with one attached hydrogen (secondary N) is 1. The van der Waals surface area contributed by atoms with Crippen molar-refractivity contribution >= 4 is 33.4 Å². The van der Waals surface area contributed by atoms with Crippen LogP contribution in [0.2, 0.25) is 0 Å². The lowest BCUT2D eigenvalue weighted by Gasteiger charge is -2.12. The first kappa shape index (κ1) is 23.1. The third kappa shape index (κ3) is 5.55. The van der Waals surface area contributed by atoms with Crippen molar-refractivity contribution < 1.29 is 27.5 Å². The maximum atomic E-state index is 12.7. The molecule has 0 saturated carbocycles. The van der Waals surface area contributed by atoms with E-state index in [1.165, 1.54) is 43.5 Å². The van der Waals surface area contributed by atoms with Gasteiger partial charge >= 0.3 is 0 Å². The van der Waals surface area contributed by atoms with E-state index in [-0.39, 0.29) is 28.6 Å². The second kappa shape index (κ2) is 9.69. The standard InChI is InChI=1S/C21H24N4O6S/c1-25-10-4-7-20(25)24-32(28,29)16-6-3-5-15(12-16)23-21(27)14-8-9-17(18(11-14)30-2)31-13-19(22)26/h3,5-6,8-9,11-12H,4,7,10,13H2,1-2H3,(H2,22,26)(H,23,27)/b24-20-. The average molecular weight is 461 g/mol. The Labute approximate surface area is 186 Å². The summed E-state index contributed by atoms with van der Waals surface area (Å²) in [6.07, 6.45) is 1.46. The maximum absolute atomic E-state index is 12.7. The molecule has 10 nitrogen and oxygen atoms in total. The van der Waals surface area contributed by atoms with E-state index in [2.05, 4.69) is 9.71 Å². The topological polar surface area (TPSA) is 140 Å². The fourth-order valence-electron chi connectivity index (χ4n) is 3.12. The Morgan fingerprint density at radius 3 is 2.62 bits per heavy atom. The summed E-state index contributed by atoms with van der Waals surface area (Å²) in [5, 5.41) is 2.66. The van der Waals surface area contributed by atoms with Crippen LogP contribution in [0, 0.1) is 0 Å². The number of amidine groups is 1. The van der Waals surface area contributed by atoms with Gasteiger partial charge in [-0.15, -0.1) is 4.40 Å². The number of rotatable bonds is 8. The van der Waals surface area contributed by atoms with E-state index >= 15 is 0 Å². The van der Waals surface area contributed by atoms with E-state index < -0.39 is 21.8 Å². The van der Waals surface area contributed by atoms with Crippen molar-refractivity contribution in [2.24, 2.45) is 10.1 Å². The maximum Gasteiger partial charge on any atom is 0.284 e. The van der Waals surface area contributed by atoms with Gasteiger partial charge in [0.05, 0.1) is 12.0 Å². The van der Waals surface area contributed by atoms with Gasteiger partial charge in [-0.1, -0.05) is 6.07 Å². The molecule has 0 aromatic heterocycles. The van der Waals surface area contributed by atoms with Gasteiger partial charge in [0.2, 0.25) is 0 Å². The molecule has 2 amide bonds. The Morgan fingerprint density at radius 2 is 1.97 bits per heavy atom. The molecular weight excluding hydrogens is 436 g/mol. The van der Waals surface area contributed by atoms with E-state index in [1.54, 1.807) is 13.1 Å². The molecular formula is C21H24N4O6S. The predicted molar refractivity (Wildman–Crippen MR) is 119 cm³/mol. The summed E-state index contributed by atoms with van der Waals surface area (Å²) in [7, 11) is -0.712. The van der Waals surface area contributed by atoms with Gasteiger partial charge in [-0.25, -0.2) is 0 Å². The van der Waals surface area contributed by atoms with Crippen LogP contribution < -0.4 is 20.5 Å². The smallest absolute Gasteiger partial charge is 0.284 e. The number of primary amides is 1. The fraction of sp³-hybridized carbons (Fsp3) is 0.286. The Bertz CT molecular complexity index is 1160. The van der Waals surface area contributed by atoms with Crippen LogP contribution in [-0.2, 0) is 14.8 Å². The van der Waals surface area contributed by atoms with E-state index in [9.17, 15) is 18.0 Å². The normalized spacial score (nSPS) is 14.9. The number of carbonyl (C=O) groups excluding carboxylic acids is 2. The molecule has 0 unspecified atom stereocenters. The predicted octanol–water partition coefficient (Wildman–Crippen LogP) is 1.62. The van der Waals surface area contributed by atoms with Crippen molar-refractivity contribution in [3.63, 3.8) is 0 Å². The number of carbonyl (C=O) groups is 2. The average Bonchev–Trinajstić information content (AvgIpc) is 3.15. The molecule has 0 atom stereocenters. The molecule has 0 radical (unpaired) electrons. The van der Waals surface area contributed by atoms with Crippen LogP contribution in [0.4, 0.5) is 5.69 Å². The van der Waals surface area contributed by atoms with Crippen molar-refractivity contribution in [1.29, 1.82) is 0 Å². The Morgan fingerprint density at radius 1 is 1.19 bits per heavy atom. The lowest BCUT2D eigenvalue weighted by Crippen LogP contribution is -2.20. The third-order valence-corrected chi connectivity index (χ3v) is 6.05. The van der Waals surface area contributed by atoms with Gasteiger partial charge in [-0.05, 0) is 42.8 Å². The fourth-order valence-corrected chi connectivity index (χ4v) is 4.26. The van der Waals surface area contributed by atoms with E-state index in [0.29, 0.717) is 17.9 Å². The molecule has 11 heteroatoms. The monoisotopic (exact) mass is 460 g/mol. The molecule has 1 aliphatic heterocycles. The highest BCUT2D eigenvalue weighted by molar-refractivity contribution is 7.90. The van der Waals surface area contributed by atoms with Crippen molar-refractivity contribution in [2.75, 3.05) is 32.6 Å². The molecule has 2 aromatic rings. The second-order valence-corrected chi connectivity index (χ2v) is 8.71. The van der Waals surface area contributed by atoms with Gasteiger partial charge in [0, 0.05) is 31.3 Å². The van der Waals surface area contributed by atoms with Crippen LogP contribution in [0.15, 0.2) is 51.8 Å². The molecule has 0 bridgehead atoms. The van der Waals surface area contributed by atoms with Gasteiger partial charge in [-0.3, -0.25) is 9.59 Å². The number of nitrogens with zero attached hydrogens (tertiary/aromatic N) is 2. The Kier molecular flexibility index (Phi) is 6.98. The zero-order valence-electron chi connectivity index (χ0n) is 17.7. The molecule has 0 aliphatic carbocycles. The van der Waals surface area contributed by atoms with Crippen LogP contribution >= 0.6 is 0 Å². The number of methoxy groups -OCH3 is 1. The van der Waals surface area contributed by atoms with Gasteiger partial charge in [0.1, 0.15) is 5.84 Å². The Balaban J connectivity index is 1.78. The summed E-state index contributed by atoms with van der Waals surface area (Å²) in [6.45, 7) is 0.434. The van der Waals surface area contributed by atoms with Crippen molar-refractivity contribution in [3.05, 3.63) is 48.0 Å². The van der Waals surface area contributed by atoms with E-state index in [0.717, 1.165) is 13.0 Å². The van der Waals surface area contributed by atoms with Crippen molar-refractivity contribution in [1.82, 2.24) is 4.90 Å². The molecule has 1 fully saturated rings. The first-order valence-electron chi connectivity index (χ1n) is 9.75. The number of benzene rings is 2. The highest BCUT2D eigenvalue weighted by Crippen LogP contribution is 2.28. The summed E-state index contributed by atoms with van der Waals surface area (Å²) in [5.74, 6) is -0.113. The molecule has 32 heavy (non-hydrogen) atoms. The van der Waals surface area contributed by atoms with E-state index in [1.807, 2.05) is 4.90 Å². The molecule has 1 saturated heterocycles. The van der Waals surface area contributed by atoms with Crippen molar-refractivity contribution in [3.8, 4) is 11.5 Å². The number of amides is 2. The second-order valence-electron chi connectivity index (χ2n) is 7.11. The summed E-state index contributed by atoms with van der Waals surface area (Å²) < 4.78 is 39.7. The van der Waals surface area contributed by atoms with Crippen molar-refractivity contribution in [2.45, 2.75) is 17.7 Å². The SMILES string of the molecule is COc1cc(C(=O)Nc2cccc(S(=O)(=O)/N=C3/CCCN3C)c2)ccc1OCC(N)=O. The lowest BCUT2D eigenvalue weighted by molar-refractivity contribution is -0.119. The number of sulfonamides is 1. The zero-order valence-corrected chi connectivity index (χ0v) is 18.5. The number of ether oxygens (including phenoxy) is 2. The minimum atomic E-state index is -3.91. The largest absolute Gasteiger partial charge is 0.493 e. The molecule has 3 N–H and O–H groups in total. The van der Waals surface area contributed by atoms with Crippen LogP contribution in [-0.4, -0.2) is 58.3 Å². The molecule has 0 spiro atoms. The molecule has 170 valence electrons.